The highest BCUT2D eigenvalue weighted by Gasteiger charge is 2.37. The molecule has 0 amide bonds. The van der Waals surface area contributed by atoms with Gasteiger partial charge in [0.25, 0.3) is 0 Å². The Labute approximate surface area is 101 Å². The van der Waals surface area contributed by atoms with Crippen molar-refractivity contribution < 1.29 is 5.11 Å². The highest BCUT2D eigenvalue weighted by molar-refractivity contribution is 6.32. The molecule has 3 N–H and O–H groups in total. The van der Waals surface area contributed by atoms with E-state index in [4.69, 9.17) is 17.3 Å². The maximum atomic E-state index is 9.85. The maximum Gasteiger partial charge on any atom is 0.137 e. The third-order valence-electron chi connectivity index (χ3n) is 3.57. The molecule has 1 aromatic rings. The second-order valence-electron chi connectivity index (χ2n) is 5.00. The fourth-order valence-corrected chi connectivity index (χ4v) is 2.19. The molecule has 0 spiro atoms. The molecule has 0 bridgehead atoms. The molecule has 88 valence electrons. The second kappa shape index (κ2) is 3.94. The van der Waals surface area contributed by atoms with Gasteiger partial charge in [-0.3, -0.25) is 0 Å². The molecular formula is C13H18ClNO. The first-order valence-corrected chi connectivity index (χ1v) is 6.07. The standard InChI is InChI=1S/C13H18ClNO/c1-8-7-10(3-4-13(15)5-6-13)9(2)12(16)11(8)14/h7,16H,3-6,15H2,1-2H3. The van der Waals surface area contributed by atoms with Crippen molar-refractivity contribution in [1.29, 1.82) is 0 Å². The lowest BCUT2D eigenvalue weighted by Gasteiger charge is -2.13. The first kappa shape index (κ1) is 11.7. The van der Waals surface area contributed by atoms with Gasteiger partial charge in [-0.05, 0) is 56.2 Å². The van der Waals surface area contributed by atoms with Crippen molar-refractivity contribution in [2.24, 2.45) is 5.73 Å². The molecule has 2 rings (SSSR count). The van der Waals surface area contributed by atoms with Gasteiger partial charge in [-0.1, -0.05) is 17.7 Å². The molecule has 1 aliphatic rings. The van der Waals surface area contributed by atoms with E-state index in [1.54, 1.807) is 0 Å². The van der Waals surface area contributed by atoms with Crippen molar-refractivity contribution >= 4 is 11.6 Å². The summed E-state index contributed by atoms with van der Waals surface area (Å²) in [5.41, 5.74) is 9.11. The third-order valence-corrected chi connectivity index (χ3v) is 4.04. The lowest BCUT2D eigenvalue weighted by atomic mass is 9.97. The molecule has 0 saturated heterocycles. The van der Waals surface area contributed by atoms with Crippen LogP contribution in [0.1, 0.15) is 36.0 Å². The highest BCUT2D eigenvalue weighted by Crippen LogP contribution is 2.38. The van der Waals surface area contributed by atoms with Gasteiger partial charge in [-0.25, -0.2) is 0 Å². The normalized spacial score (nSPS) is 17.5. The van der Waals surface area contributed by atoms with E-state index in [2.05, 4.69) is 6.07 Å². The molecule has 1 fully saturated rings. The Morgan fingerprint density at radius 2 is 2.06 bits per heavy atom. The number of nitrogens with two attached hydrogens (primary N) is 1. The fourth-order valence-electron chi connectivity index (χ4n) is 1.99. The Morgan fingerprint density at radius 3 is 2.62 bits per heavy atom. The van der Waals surface area contributed by atoms with E-state index in [0.29, 0.717) is 5.02 Å². The molecule has 0 heterocycles. The van der Waals surface area contributed by atoms with Crippen LogP contribution in [-0.4, -0.2) is 10.6 Å². The van der Waals surface area contributed by atoms with Gasteiger partial charge >= 0.3 is 0 Å². The van der Waals surface area contributed by atoms with Crippen molar-refractivity contribution in [3.05, 3.63) is 27.8 Å². The zero-order valence-electron chi connectivity index (χ0n) is 9.81. The summed E-state index contributed by atoms with van der Waals surface area (Å²) in [6, 6.07) is 2.06. The smallest absolute Gasteiger partial charge is 0.137 e. The zero-order chi connectivity index (χ0) is 11.9. The number of benzene rings is 1. The van der Waals surface area contributed by atoms with Gasteiger partial charge in [0.2, 0.25) is 0 Å². The van der Waals surface area contributed by atoms with Crippen molar-refractivity contribution in [1.82, 2.24) is 0 Å². The second-order valence-corrected chi connectivity index (χ2v) is 5.38. The van der Waals surface area contributed by atoms with Gasteiger partial charge in [0.15, 0.2) is 0 Å². The van der Waals surface area contributed by atoms with E-state index in [1.807, 2.05) is 13.8 Å². The number of aromatic hydroxyl groups is 1. The summed E-state index contributed by atoms with van der Waals surface area (Å²) >= 11 is 5.98. The van der Waals surface area contributed by atoms with Crippen LogP contribution in [0.2, 0.25) is 5.02 Å². The average Bonchev–Trinajstić information content (AvgIpc) is 2.98. The largest absolute Gasteiger partial charge is 0.506 e. The summed E-state index contributed by atoms with van der Waals surface area (Å²) < 4.78 is 0. The van der Waals surface area contributed by atoms with E-state index in [9.17, 15) is 5.11 Å². The Morgan fingerprint density at radius 1 is 1.44 bits per heavy atom. The SMILES string of the molecule is Cc1cc(CCC2(N)CC2)c(C)c(O)c1Cl. The zero-order valence-corrected chi connectivity index (χ0v) is 10.6. The van der Waals surface area contributed by atoms with Crippen LogP contribution in [-0.2, 0) is 6.42 Å². The Bertz CT molecular complexity index is 424. The van der Waals surface area contributed by atoms with Gasteiger partial charge in [0.1, 0.15) is 5.75 Å². The molecule has 1 saturated carbocycles. The number of halogens is 1. The Hall–Kier alpha value is -0.730. The number of phenols is 1. The number of hydrogen-bond acceptors (Lipinski definition) is 2. The Balaban J connectivity index is 2.20. The predicted octanol–water partition coefficient (Wildman–Crippen LogP) is 3.09. The number of phenolic OH excluding ortho intramolecular Hbond substituents is 1. The summed E-state index contributed by atoms with van der Waals surface area (Å²) in [7, 11) is 0. The summed E-state index contributed by atoms with van der Waals surface area (Å²) in [5, 5.41) is 10.3. The summed E-state index contributed by atoms with van der Waals surface area (Å²) in [6.07, 6.45) is 4.18. The van der Waals surface area contributed by atoms with Crippen LogP contribution in [0.15, 0.2) is 6.07 Å². The highest BCUT2D eigenvalue weighted by atomic mass is 35.5. The van der Waals surface area contributed by atoms with Crippen molar-refractivity contribution in [3.63, 3.8) is 0 Å². The van der Waals surface area contributed by atoms with E-state index in [-0.39, 0.29) is 11.3 Å². The van der Waals surface area contributed by atoms with E-state index in [1.165, 1.54) is 0 Å². The lowest BCUT2D eigenvalue weighted by Crippen LogP contribution is -2.22. The minimum Gasteiger partial charge on any atom is -0.506 e. The van der Waals surface area contributed by atoms with Crippen LogP contribution in [0.3, 0.4) is 0 Å². The Kier molecular flexibility index (Phi) is 2.89. The summed E-state index contributed by atoms with van der Waals surface area (Å²) in [5.74, 6) is 0.221. The van der Waals surface area contributed by atoms with Gasteiger partial charge < -0.3 is 10.8 Å². The average molecular weight is 240 g/mol. The molecule has 3 heteroatoms. The van der Waals surface area contributed by atoms with Crippen LogP contribution in [0, 0.1) is 13.8 Å². The predicted molar refractivity (Wildman–Crippen MR) is 67.1 cm³/mol. The molecular weight excluding hydrogens is 222 g/mol. The number of aryl methyl sites for hydroxylation is 2. The monoisotopic (exact) mass is 239 g/mol. The minimum atomic E-state index is 0.0651. The van der Waals surface area contributed by atoms with Crippen LogP contribution in [0.4, 0.5) is 0 Å². The van der Waals surface area contributed by atoms with Crippen LogP contribution in [0.5, 0.6) is 5.75 Å². The quantitative estimate of drug-likeness (QED) is 0.852. The molecule has 0 unspecified atom stereocenters. The van der Waals surface area contributed by atoms with Gasteiger partial charge in [-0.2, -0.15) is 0 Å². The minimum absolute atomic E-state index is 0.0651. The molecule has 0 radical (unpaired) electrons. The molecule has 2 nitrogen and oxygen atoms in total. The fraction of sp³-hybridized carbons (Fsp3) is 0.538. The molecule has 0 aliphatic heterocycles. The van der Waals surface area contributed by atoms with Crippen LogP contribution >= 0.6 is 11.6 Å². The van der Waals surface area contributed by atoms with Crippen molar-refractivity contribution in [2.45, 2.75) is 45.1 Å². The van der Waals surface area contributed by atoms with Gasteiger partial charge in [0.05, 0.1) is 5.02 Å². The first-order chi connectivity index (χ1) is 7.43. The molecule has 0 aromatic heterocycles. The van der Waals surface area contributed by atoms with Gasteiger partial charge in [0, 0.05) is 5.54 Å². The third kappa shape index (κ3) is 2.18. The summed E-state index contributed by atoms with van der Waals surface area (Å²) in [6.45, 7) is 3.83. The lowest BCUT2D eigenvalue weighted by molar-refractivity contribution is 0.469. The van der Waals surface area contributed by atoms with Crippen LogP contribution < -0.4 is 5.73 Å². The van der Waals surface area contributed by atoms with Crippen molar-refractivity contribution in [3.8, 4) is 5.75 Å². The van der Waals surface area contributed by atoms with E-state index < -0.39 is 0 Å². The first-order valence-electron chi connectivity index (χ1n) is 5.69. The number of hydrogen-bond donors (Lipinski definition) is 2. The summed E-state index contributed by atoms with van der Waals surface area (Å²) in [4.78, 5) is 0. The van der Waals surface area contributed by atoms with E-state index >= 15 is 0 Å². The topological polar surface area (TPSA) is 46.2 Å². The molecule has 16 heavy (non-hydrogen) atoms. The van der Waals surface area contributed by atoms with Gasteiger partial charge in [-0.15, -0.1) is 0 Å². The molecule has 1 aromatic carbocycles. The van der Waals surface area contributed by atoms with Crippen LogP contribution in [0.25, 0.3) is 0 Å². The molecule has 0 atom stereocenters. The number of rotatable bonds is 3. The van der Waals surface area contributed by atoms with E-state index in [0.717, 1.165) is 42.4 Å². The van der Waals surface area contributed by atoms with Crippen molar-refractivity contribution in [2.75, 3.05) is 0 Å². The maximum absolute atomic E-state index is 9.85. The molecule has 1 aliphatic carbocycles.